The minimum Gasteiger partial charge on any atom is -0.466 e. The summed E-state index contributed by atoms with van der Waals surface area (Å²) >= 11 is 0. The van der Waals surface area contributed by atoms with E-state index < -0.39 is 12.7 Å². The van der Waals surface area contributed by atoms with Crippen molar-refractivity contribution in [1.29, 1.82) is 0 Å². The van der Waals surface area contributed by atoms with E-state index in [0.717, 1.165) is 19.4 Å². The molecule has 1 heterocycles. The van der Waals surface area contributed by atoms with Crippen LogP contribution in [-0.4, -0.2) is 80.8 Å². The number of nitrogens with one attached hydrogen (secondary N) is 1. The third kappa shape index (κ3) is 8.73. The van der Waals surface area contributed by atoms with Crippen LogP contribution in [0.15, 0.2) is 4.99 Å². The monoisotopic (exact) mass is 380 g/mol. The van der Waals surface area contributed by atoms with Crippen molar-refractivity contribution < 1.29 is 22.7 Å². The molecule has 0 amide bonds. The third-order valence-electron chi connectivity index (χ3n) is 4.08. The normalized spacial score (nSPS) is 19.0. The van der Waals surface area contributed by atoms with Gasteiger partial charge in [0.2, 0.25) is 0 Å². The molecule has 0 aromatic heterocycles. The Labute approximate surface area is 153 Å². The lowest BCUT2D eigenvalue weighted by Gasteiger charge is -2.34. The molecule has 0 saturated carbocycles. The van der Waals surface area contributed by atoms with Crippen molar-refractivity contribution in [1.82, 2.24) is 15.1 Å². The predicted molar refractivity (Wildman–Crippen MR) is 95.1 cm³/mol. The van der Waals surface area contributed by atoms with E-state index >= 15 is 0 Å². The van der Waals surface area contributed by atoms with Crippen LogP contribution in [0.2, 0.25) is 0 Å². The van der Waals surface area contributed by atoms with Gasteiger partial charge in [-0.2, -0.15) is 13.2 Å². The summed E-state index contributed by atoms with van der Waals surface area (Å²) in [5.74, 6) is 0.368. The Balaban J connectivity index is 2.53. The Morgan fingerprint density at radius 3 is 2.73 bits per heavy atom. The van der Waals surface area contributed by atoms with Crippen LogP contribution < -0.4 is 5.32 Å². The SMILES string of the molecule is CCNC(=NCCCN(C)CC(F)(F)F)N1CCCC(C(=O)OCC)C1. The van der Waals surface area contributed by atoms with E-state index in [1.807, 2.05) is 11.8 Å². The Hall–Kier alpha value is -1.51. The molecule has 6 nitrogen and oxygen atoms in total. The molecule has 1 N–H and O–H groups in total. The molecule has 0 aromatic rings. The summed E-state index contributed by atoms with van der Waals surface area (Å²) in [5.41, 5.74) is 0. The third-order valence-corrected chi connectivity index (χ3v) is 4.08. The zero-order valence-electron chi connectivity index (χ0n) is 15.9. The highest BCUT2D eigenvalue weighted by molar-refractivity contribution is 5.81. The second-order valence-electron chi connectivity index (χ2n) is 6.48. The first-order valence-electron chi connectivity index (χ1n) is 9.22. The standard InChI is InChI=1S/C17H31F3N4O2/c1-4-21-16(22-9-7-10-23(3)13-17(18,19)20)24-11-6-8-14(12-24)15(25)26-5-2/h14H,4-13H2,1-3H3,(H,21,22). The summed E-state index contributed by atoms with van der Waals surface area (Å²) < 4.78 is 42.1. The molecule has 0 bridgehead atoms. The van der Waals surface area contributed by atoms with Crippen molar-refractivity contribution in [3.8, 4) is 0 Å². The molecule has 1 unspecified atom stereocenters. The van der Waals surface area contributed by atoms with Crippen molar-refractivity contribution in [2.24, 2.45) is 10.9 Å². The number of hydrogen-bond donors (Lipinski definition) is 1. The Kier molecular flexibility index (Phi) is 9.75. The molecule has 152 valence electrons. The van der Waals surface area contributed by atoms with Gasteiger partial charge in [-0.3, -0.25) is 14.7 Å². The molecule has 1 saturated heterocycles. The number of piperidine rings is 1. The zero-order chi connectivity index (χ0) is 19.6. The van der Waals surface area contributed by atoms with Gasteiger partial charge in [-0.1, -0.05) is 0 Å². The van der Waals surface area contributed by atoms with E-state index in [1.165, 1.54) is 11.9 Å². The van der Waals surface area contributed by atoms with Crippen LogP contribution in [0.1, 0.15) is 33.1 Å². The van der Waals surface area contributed by atoms with Crippen LogP contribution in [0.25, 0.3) is 0 Å². The highest BCUT2D eigenvalue weighted by atomic mass is 19.4. The fourth-order valence-electron chi connectivity index (χ4n) is 2.96. The summed E-state index contributed by atoms with van der Waals surface area (Å²) in [6.45, 7) is 6.01. The number of rotatable bonds is 8. The van der Waals surface area contributed by atoms with E-state index in [-0.39, 0.29) is 11.9 Å². The van der Waals surface area contributed by atoms with Crippen molar-refractivity contribution in [3.05, 3.63) is 0 Å². The number of hydrogen-bond acceptors (Lipinski definition) is 4. The smallest absolute Gasteiger partial charge is 0.401 e. The fraction of sp³-hybridized carbons (Fsp3) is 0.882. The van der Waals surface area contributed by atoms with Gasteiger partial charge in [-0.25, -0.2) is 0 Å². The van der Waals surface area contributed by atoms with E-state index in [1.54, 1.807) is 6.92 Å². The molecule has 1 aliphatic heterocycles. The van der Waals surface area contributed by atoms with Crippen LogP contribution in [0.5, 0.6) is 0 Å². The molecular formula is C17H31F3N4O2. The number of guanidine groups is 1. The lowest BCUT2D eigenvalue weighted by molar-refractivity contribution is -0.149. The maximum absolute atomic E-state index is 12.3. The van der Waals surface area contributed by atoms with Gasteiger partial charge in [0.1, 0.15) is 0 Å². The number of carbonyl (C=O) groups excluding carboxylic acids is 1. The summed E-state index contributed by atoms with van der Waals surface area (Å²) in [7, 11) is 1.46. The average molecular weight is 380 g/mol. The maximum atomic E-state index is 12.3. The van der Waals surface area contributed by atoms with Crippen LogP contribution in [0.3, 0.4) is 0 Å². The predicted octanol–water partition coefficient (Wildman–Crippen LogP) is 2.11. The van der Waals surface area contributed by atoms with Crippen LogP contribution >= 0.6 is 0 Å². The number of esters is 1. The van der Waals surface area contributed by atoms with Crippen molar-refractivity contribution in [3.63, 3.8) is 0 Å². The van der Waals surface area contributed by atoms with Gasteiger partial charge in [0.25, 0.3) is 0 Å². The second kappa shape index (κ2) is 11.3. The number of carbonyl (C=O) groups is 1. The first kappa shape index (κ1) is 22.5. The number of alkyl halides is 3. The van der Waals surface area contributed by atoms with Gasteiger partial charge in [0, 0.05) is 26.2 Å². The molecule has 0 radical (unpaired) electrons. The minimum atomic E-state index is -4.18. The Morgan fingerprint density at radius 1 is 1.38 bits per heavy atom. The van der Waals surface area contributed by atoms with Crippen molar-refractivity contribution in [2.75, 3.05) is 52.9 Å². The van der Waals surface area contributed by atoms with Crippen LogP contribution in [-0.2, 0) is 9.53 Å². The largest absolute Gasteiger partial charge is 0.466 e. The lowest BCUT2D eigenvalue weighted by atomic mass is 9.98. The summed E-state index contributed by atoms with van der Waals surface area (Å²) in [4.78, 5) is 19.8. The molecule has 26 heavy (non-hydrogen) atoms. The molecule has 1 atom stereocenters. The highest BCUT2D eigenvalue weighted by Gasteiger charge is 2.29. The molecule has 9 heteroatoms. The van der Waals surface area contributed by atoms with E-state index in [2.05, 4.69) is 10.3 Å². The first-order valence-corrected chi connectivity index (χ1v) is 9.22. The summed E-state index contributed by atoms with van der Waals surface area (Å²) in [5, 5.41) is 3.20. The van der Waals surface area contributed by atoms with Gasteiger partial charge in [-0.15, -0.1) is 0 Å². The molecule has 0 spiro atoms. The second-order valence-corrected chi connectivity index (χ2v) is 6.48. The van der Waals surface area contributed by atoms with E-state index in [4.69, 9.17) is 4.74 Å². The number of ether oxygens (including phenoxy) is 1. The van der Waals surface area contributed by atoms with E-state index in [0.29, 0.717) is 45.2 Å². The highest BCUT2D eigenvalue weighted by Crippen LogP contribution is 2.18. The maximum Gasteiger partial charge on any atom is 0.401 e. The first-order chi connectivity index (χ1) is 12.3. The van der Waals surface area contributed by atoms with Crippen LogP contribution in [0, 0.1) is 5.92 Å². The topological polar surface area (TPSA) is 57.2 Å². The van der Waals surface area contributed by atoms with Gasteiger partial charge in [0.05, 0.1) is 19.1 Å². The van der Waals surface area contributed by atoms with Gasteiger partial charge < -0.3 is 15.0 Å². The number of likely N-dealkylation sites (tertiary alicyclic amines) is 1. The van der Waals surface area contributed by atoms with Gasteiger partial charge >= 0.3 is 12.1 Å². The zero-order valence-corrected chi connectivity index (χ0v) is 15.9. The number of aliphatic imine (C=N–C) groups is 1. The summed E-state index contributed by atoms with van der Waals surface area (Å²) in [6, 6.07) is 0. The van der Waals surface area contributed by atoms with Gasteiger partial charge in [0.15, 0.2) is 5.96 Å². The molecular weight excluding hydrogens is 349 g/mol. The Morgan fingerprint density at radius 2 is 2.12 bits per heavy atom. The average Bonchev–Trinajstić information content (AvgIpc) is 2.56. The van der Waals surface area contributed by atoms with E-state index in [9.17, 15) is 18.0 Å². The van der Waals surface area contributed by atoms with Crippen LogP contribution in [0.4, 0.5) is 13.2 Å². The fourth-order valence-corrected chi connectivity index (χ4v) is 2.96. The van der Waals surface area contributed by atoms with Gasteiger partial charge in [-0.05, 0) is 46.7 Å². The van der Waals surface area contributed by atoms with Crippen molar-refractivity contribution >= 4 is 11.9 Å². The molecule has 1 rings (SSSR count). The quantitative estimate of drug-likeness (QED) is 0.303. The Bertz CT molecular complexity index is 458. The minimum absolute atomic E-state index is 0.162. The lowest BCUT2D eigenvalue weighted by Crippen LogP contribution is -2.48. The molecule has 1 fully saturated rings. The number of halogens is 3. The molecule has 1 aliphatic rings. The molecule has 0 aliphatic carbocycles. The summed E-state index contributed by atoms with van der Waals surface area (Å²) in [6.07, 6.45) is -1.96. The molecule has 0 aromatic carbocycles. The van der Waals surface area contributed by atoms with Crippen molar-refractivity contribution in [2.45, 2.75) is 39.3 Å². The number of nitrogens with zero attached hydrogens (tertiary/aromatic N) is 3.